The van der Waals surface area contributed by atoms with Crippen LogP contribution in [0.4, 0.5) is 0 Å². The van der Waals surface area contributed by atoms with E-state index in [1.807, 2.05) is 0 Å². The van der Waals surface area contributed by atoms with E-state index in [-0.39, 0.29) is 17.2 Å². The van der Waals surface area contributed by atoms with Crippen LogP contribution in [0.3, 0.4) is 0 Å². The predicted molar refractivity (Wildman–Crippen MR) is 79.4 cm³/mol. The van der Waals surface area contributed by atoms with E-state index in [1.165, 1.54) is 0 Å². The van der Waals surface area contributed by atoms with Crippen molar-refractivity contribution >= 4 is 21.7 Å². The number of sulfone groups is 1. The molecule has 0 bridgehead atoms. The van der Waals surface area contributed by atoms with Gasteiger partial charge >= 0.3 is 0 Å². The summed E-state index contributed by atoms with van der Waals surface area (Å²) in [4.78, 5) is 25.4. The Balaban J connectivity index is 2.05. The summed E-state index contributed by atoms with van der Waals surface area (Å²) in [5.74, 6) is -0.775. The number of carbonyl (C=O) groups excluding carboxylic acids is 2. The van der Waals surface area contributed by atoms with Crippen molar-refractivity contribution in [2.75, 3.05) is 25.4 Å². The Labute approximate surface area is 126 Å². The first-order valence-corrected chi connectivity index (χ1v) is 8.97. The van der Waals surface area contributed by atoms with Gasteiger partial charge in [0.15, 0.2) is 9.84 Å². The van der Waals surface area contributed by atoms with Crippen molar-refractivity contribution in [1.82, 2.24) is 10.2 Å². The van der Waals surface area contributed by atoms with Gasteiger partial charge in [0.1, 0.15) is 5.75 Å². The van der Waals surface area contributed by atoms with Gasteiger partial charge in [-0.25, -0.2) is 8.42 Å². The Morgan fingerprint density at radius 3 is 2.57 bits per heavy atom. The number of piperidine rings is 1. The second kappa shape index (κ2) is 5.26. The van der Waals surface area contributed by atoms with Gasteiger partial charge in [0.2, 0.25) is 11.8 Å². The molecule has 0 aliphatic carbocycles. The molecule has 2 heterocycles. The van der Waals surface area contributed by atoms with Gasteiger partial charge in [-0.05, 0) is 33.6 Å². The summed E-state index contributed by atoms with van der Waals surface area (Å²) in [6.07, 6.45) is 2.15. The van der Waals surface area contributed by atoms with E-state index in [2.05, 4.69) is 5.32 Å². The molecule has 2 aliphatic heterocycles. The van der Waals surface area contributed by atoms with Gasteiger partial charge in [0, 0.05) is 31.5 Å². The normalized spacial score (nSPS) is 27.0. The third-order valence-electron chi connectivity index (χ3n) is 4.46. The molecule has 21 heavy (non-hydrogen) atoms. The zero-order valence-electron chi connectivity index (χ0n) is 12.9. The molecule has 1 spiro atoms. The molecule has 7 heteroatoms. The lowest BCUT2D eigenvalue weighted by atomic mass is 9.79. The lowest BCUT2D eigenvalue weighted by Crippen LogP contribution is -2.49. The van der Waals surface area contributed by atoms with Crippen molar-refractivity contribution in [2.45, 2.75) is 44.8 Å². The summed E-state index contributed by atoms with van der Waals surface area (Å²) in [6, 6.07) is 0. The van der Waals surface area contributed by atoms with Gasteiger partial charge in [0.25, 0.3) is 0 Å². The summed E-state index contributed by atoms with van der Waals surface area (Å²) in [5.41, 5.74) is -0.198. The van der Waals surface area contributed by atoms with Crippen molar-refractivity contribution in [3.63, 3.8) is 0 Å². The smallest absolute Gasteiger partial charge is 0.237 e. The van der Waals surface area contributed by atoms with E-state index in [0.717, 1.165) is 12.8 Å². The number of carbonyl (C=O) groups is 2. The summed E-state index contributed by atoms with van der Waals surface area (Å²) in [6.45, 7) is 6.45. The fourth-order valence-corrected chi connectivity index (χ4v) is 3.87. The Kier molecular flexibility index (Phi) is 4.08. The number of hydrogen-bond donors (Lipinski definition) is 1. The highest BCUT2D eigenvalue weighted by Gasteiger charge is 2.43. The number of likely N-dealkylation sites (tertiary alicyclic amines) is 1. The average Bonchev–Trinajstić information content (AvgIpc) is 2.68. The second-order valence-electron chi connectivity index (χ2n) is 7.24. The van der Waals surface area contributed by atoms with Crippen molar-refractivity contribution in [2.24, 2.45) is 5.41 Å². The number of hydrogen-bond acceptors (Lipinski definition) is 4. The monoisotopic (exact) mass is 316 g/mol. The minimum absolute atomic E-state index is 0.0200. The lowest BCUT2D eigenvalue weighted by Gasteiger charge is -2.39. The van der Waals surface area contributed by atoms with Crippen LogP contribution >= 0.6 is 0 Å². The molecule has 2 fully saturated rings. The first-order chi connectivity index (χ1) is 9.55. The highest BCUT2D eigenvalue weighted by atomic mass is 32.2. The molecule has 6 nitrogen and oxygen atoms in total. The summed E-state index contributed by atoms with van der Waals surface area (Å²) in [5, 5.41) is 2.82. The van der Waals surface area contributed by atoms with Gasteiger partial charge in [0.05, 0.1) is 4.75 Å². The van der Waals surface area contributed by atoms with Crippen LogP contribution in [0.25, 0.3) is 0 Å². The van der Waals surface area contributed by atoms with Crippen molar-refractivity contribution < 1.29 is 18.0 Å². The Bertz CT molecular complexity index is 550. The zero-order chi connectivity index (χ0) is 15.9. The summed E-state index contributed by atoms with van der Waals surface area (Å²) >= 11 is 0. The van der Waals surface area contributed by atoms with Crippen molar-refractivity contribution in [3.8, 4) is 0 Å². The maximum Gasteiger partial charge on any atom is 0.237 e. The predicted octanol–water partition coefficient (Wildman–Crippen LogP) is 0.328. The van der Waals surface area contributed by atoms with E-state index in [0.29, 0.717) is 26.1 Å². The second-order valence-corrected chi connectivity index (χ2v) is 9.99. The molecule has 0 aromatic carbocycles. The molecule has 0 aromatic heterocycles. The van der Waals surface area contributed by atoms with Gasteiger partial charge in [-0.3, -0.25) is 9.59 Å². The quantitative estimate of drug-likeness (QED) is 0.796. The number of nitrogens with zero attached hydrogens (tertiary/aromatic N) is 1. The van der Waals surface area contributed by atoms with Crippen LogP contribution < -0.4 is 5.32 Å². The maximum absolute atomic E-state index is 12.3. The Morgan fingerprint density at radius 2 is 2.05 bits per heavy atom. The third kappa shape index (κ3) is 3.39. The topological polar surface area (TPSA) is 83.6 Å². The summed E-state index contributed by atoms with van der Waals surface area (Å²) in [7, 11) is -3.47. The Hall–Kier alpha value is -1.11. The van der Waals surface area contributed by atoms with Crippen LogP contribution in [-0.2, 0) is 19.4 Å². The van der Waals surface area contributed by atoms with E-state index in [4.69, 9.17) is 0 Å². The number of amides is 2. The molecular weight excluding hydrogens is 292 g/mol. The van der Waals surface area contributed by atoms with Crippen LogP contribution in [0.2, 0.25) is 0 Å². The lowest BCUT2D eigenvalue weighted by molar-refractivity contribution is -0.132. The van der Waals surface area contributed by atoms with Crippen LogP contribution in [-0.4, -0.2) is 55.3 Å². The average molecular weight is 316 g/mol. The zero-order valence-corrected chi connectivity index (χ0v) is 13.8. The number of rotatable bonds is 2. The molecule has 1 N–H and O–H groups in total. The summed E-state index contributed by atoms with van der Waals surface area (Å²) < 4.78 is 23.4. The molecule has 1 atom stereocenters. The molecule has 2 saturated heterocycles. The molecule has 0 saturated carbocycles. The SMILES string of the molecule is CC(C)(C)S(=O)(=O)CC(=O)N1CCCC2(CNC(=O)C2)C1. The van der Waals surface area contributed by atoms with E-state index in [1.54, 1.807) is 25.7 Å². The van der Waals surface area contributed by atoms with Crippen molar-refractivity contribution in [3.05, 3.63) is 0 Å². The van der Waals surface area contributed by atoms with Gasteiger partial charge in [-0.15, -0.1) is 0 Å². The van der Waals surface area contributed by atoms with E-state index < -0.39 is 20.3 Å². The molecule has 0 radical (unpaired) electrons. The molecule has 1 unspecified atom stereocenters. The largest absolute Gasteiger partial charge is 0.355 e. The fraction of sp³-hybridized carbons (Fsp3) is 0.857. The van der Waals surface area contributed by atoms with Gasteiger partial charge < -0.3 is 10.2 Å². The first kappa shape index (κ1) is 16.3. The first-order valence-electron chi connectivity index (χ1n) is 7.32. The molecule has 2 rings (SSSR count). The minimum atomic E-state index is -3.47. The molecule has 2 amide bonds. The highest BCUT2D eigenvalue weighted by Crippen LogP contribution is 2.36. The third-order valence-corrected chi connectivity index (χ3v) is 6.95. The standard InChI is InChI=1S/C14H24N2O4S/c1-13(2,3)21(19,20)8-12(18)16-6-4-5-14(10-16)7-11(17)15-9-14/h4-10H2,1-3H3,(H,15,17). The van der Waals surface area contributed by atoms with Crippen LogP contribution in [0.5, 0.6) is 0 Å². The van der Waals surface area contributed by atoms with E-state index >= 15 is 0 Å². The molecular formula is C14H24N2O4S. The minimum Gasteiger partial charge on any atom is -0.355 e. The fourth-order valence-electron chi connectivity index (χ4n) is 2.93. The van der Waals surface area contributed by atoms with Crippen molar-refractivity contribution in [1.29, 1.82) is 0 Å². The van der Waals surface area contributed by atoms with Gasteiger partial charge in [-0.1, -0.05) is 0 Å². The molecule has 2 aliphatic rings. The van der Waals surface area contributed by atoms with Crippen LogP contribution in [0, 0.1) is 5.41 Å². The highest BCUT2D eigenvalue weighted by molar-refractivity contribution is 7.93. The van der Waals surface area contributed by atoms with Crippen LogP contribution in [0.1, 0.15) is 40.0 Å². The number of nitrogens with one attached hydrogen (secondary N) is 1. The molecule has 120 valence electrons. The molecule has 0 aromatic rings. The Morgan fingerprint density at radius 1 is 1.38 bits per heavy atom. The van der Waals surface area contributed by atoms with Crippen LogP contribution in [0.15, 0.2) is 0 Å². The maximum atomic E-state index is 12.3. The van der Waals surface area contributed by atoms with Gasteiger partial charge in [-0.2, -0.15) is 0 Å². The van der Waals surface area contributed by atoms with E-state index in [9.17, 15) is 18.0 Å².